The Labute approximate surface area is 205 Å². The summed E-state index contributed by atoms with van der Waals surface area (Å²) in [6.45, 7) is 4.25. The van der Waals surface area contributed by atoms with E-state index in [0.717, 1.165) is 23.9 Å². The standard InChI is InChI=1S/C18H15FN6.C9H18O/c1-2-12-7-10-25-16(12)18(22-14-6-9-20-11-13(14)19)23-17(24-25)15-5-3-4-8-21-15;1-2-5-8-6-3-4-7-9(8)10/h3-11H,2H2,1H3,(H,20,22,23,24);8-10H,2-7H2,1H3. The zero-order valence-electron chi connectivity index (χ0n) is 20.4. The van der Waals surface area contributed by atoms with E-state index in [2.05, 4.69) is 39.2 Å². The lowest BCUT2D eigenvalue weighted by Crippen LogP contribution is -2.23. The lowest BCUT2D eigenvalue weighted by Gasteiger charge is -2.26. The molecule has 5 rings (SSSR count). The third-order valence-electron chi connectivity index (χ3n) is 6.42. The number of aryl methyl sites for hydroxylation is 1. The van der Waals surface area contributed by atoms with Crippen LogP contribution in [0.4, 0.5) is 15.9 Å². The van der Waals surface area contributed by atoms with Crippen molar-refractivity contribution in [2.24, 2.45) is 5.92 Å². The molecule has 7 nitrogen and oxygen atoms in total. The first kappa shape index (κ1) is 24.7. The third kappa shape index (κ3) is 6.00. The van der Waals surface area contributed by atoms with E-state index in [9.17, 15) is 9.50 Å². The van der Waals surface area contributed by atoms with Crippen LogP contribution in [0, 0.1) is 11.7 Å². The topological polar surface area (TPSA) is 88.2 Å². The van der Waals surface area contributed by atoms with Crippen LogP contribution in [0.3, 0.4) is 0 Å². The molecule has 1 aliphatic rings. The van der Waals surface area contributed by atoms with Crippen LogP contribution < -0.4 is 5.32 Å². The van der Waals surface area contributed by atoms with Gasteiger partial charge in [0, 0.05) is 18.6 Å². The number of hydrogen-bond donors (Lipinski definition) is 2. The lowest BCUT2D eigenvalue weighted by molar-refractivity contribution is 0.0650. The Morgan fingerprint density at radius 2 is 1.97 bits per heavy atom. The molecule has 2 unspecified atom stereocenters. The molecule has 184 valence electrons. The van der Waals surface area contributed by atoms with Crippen LogP contribution in [0.5, 0.6) is 0 Å². The van der Waals surface area contributed by atoms with E-state index in [1.165, 1.54) is 44.5 Å². The fourth-order valence-electron chi connectivity index (χ4n) is 4.56. The zero-order chi connectivity index (χ0) is 24.6. The van der Waals surface area contributed by atoms with Gasteiger partial charge in [0.05, 0.1) is 18.0 Å². The Bertz CT molecular complexity index is 1230. The summed E-state index contributed by atoms with van der Waals surface area (Å²) in [5.74, 6) is 1.17. The predicted octanol–water partition coefficient (Wildman–Crippen LogP) is 5.97. The van der Waals surface area contributed by atoms with Gasteiger partial charge in [0.15, 0.2) is 11.6 Å². The fourth-order valence-corrected chi connectivity index (χ4v) is 4.56. The number of pyridine rings is 2. The third-order valence-corrected chi connectivity index (χ3v) is 6.42. The molecule has 0 radical (unpaired) electrons. The number of fused-ring (bicyclic) bond motifs is 1. The summed E-state index contributed by atoms with van der Waals surface area (Å²) in [7, 11) is 0. The highest BCUT2D eigenvalue weighted by molar-refractivity contribution is 5.78. The Balaban J connectivity index is 0.000000243. The van der Waals surface area contributed by atoms with Gasteiger partial charge in [0.1, 0.15) is 11.2 Å². The molecule has 0 aromatic carbocycles. The van der Waals surface area contributed by atoms with Crippen LogP contribution >= 0.6 is 0 Å². The minimum Gasteiger partial charge on any atom is -0.393 e. The average Bonchev–Trinajstić information content (AvgIpc) is 3.31. The second kappa shape index (κ2) is 11.8. The van der Waals surface area contributed by atoms with Gasteiger partial charge in [-0.3, -0.25) is 9.97 Å². The van der Waals surface area contributed by atoms with Gasteiger partial charge in [-0.25, -0.2) is 13.9 Å². The summed E-state index contributed by atoms with van der Waals surface area (Å²) in [6, 6.07) is 9.10. The van der Waals surface area contributed by atoms with Crippen LogP contribution in [0.15, 0.2) is 55.1 Å². The van der Waals surface area contributed by atoms with Gasteiger partial charge in [-0.05, 0) is 61.4 Å². The minimum absolute atomic E-state index is 0.0219. The van der Waals surface area contributed by atoms with E-state index >= 15 is 0 Å². The number of aliphatic hydroxyl groups is 1. The first-order valence-electron chi connectivity index (χ1n) is 12.4. The fraction of sp³-hybridized carbons (Fsp3) is 0.407. The van der Waals surface area contributed by atoms with Crippen LogP contribution in [0.25, 0.3) is 17.0 Å². The quantitative estimate of drug-likeness (QED) is 0.356. The van der Waals surface area contributed by atoms with E-state index in [4.69, 9.17) is 0 Å². The number of hydrogen-bond acceptors (Lipinski definition) is 6. The molecule has 4 aromatic rings. The summed E-state index contributed by atoms with van der Waals surface area (Å²) in [5.41, 5.74) is 2.85. The summed E-state index contributed by atoms with van der Waals surface area (Å²) >= 11 is 0. The first-order chi connectivity index (χ1) is 17.1. The molecule has 1 aliphatic carbocycles. The number of halogens is 1. The Hall–Kier alpha value is -3.39. The molecule has 0 spiro atoms. The minimum atomic E-state index is -0.441. The number of nitrogens with zero attached hydrogens (tertiary/aromatic N) is 5. The molecule has 0 amide bonds. The highest BCUT2D eigenvalue weighted by Gasteiger charge is 2.21. The van der Waals surface area contributed by atoms with Crippen molar-refractivity contribution < 1.29 is 9.50 Å². The maximum atomic E-state index is 14.0. The van der Waals surface area contributed by atoms with Crippen molar-refractivity contribution in [1.29, 1.82) is 0 Å². The van der Waals surface area contributed by atoms with Gasteiger partial charge < -0.3 is 10.4 Å². The smallest absolute Gasteiger partial charge is 0.200 e. The van der Waals surface area contributed by atoms with Gasteiger partial charge in [-0.15, -0.1) is 5.10 Å². The van der Waals surface area contributed by atoms with Gasteiger partial charge in [-0.2, -0.15) is 0 Å². The number of aromatic nitrogens is 5. The summed E-state index contributed by atoms with van der Waals surface area (Å²) in [6.07, 6.45) is 14.4. The van der Waals surface area contributed by atoms with Gasteiger partial charge in [0.25, 0.3) is 0 Å². The molecule has 1 fully saturated rings. The molecular formula is C27H33FN6O. The van der Waals surface area contributed by atoms with Crippen molar-refractivity contribution in [3.05, 3.63) is 66.5 Å². The zero-order valence-corrected chi connectivity index (χ0v) is 20.4. The molecule has 0 bridgehead atoms. The molecule has 2 atom stereocenters. The molecule has 4 aromatic heterocycles. The van der Waals surface area contributed by atoms with Gasteiger partial charge in [0.2, 0.25) is 5.82 Å². The normalized spacial score (nSPS) is 17.6. The summed E-state index contributed by atoms with van der Waals surface area (Å²) in [5, 5.41) is 17.1. The van der Waals surface area contributed by atoms with Crippen molar-refractivity contribution in [1.82, 2.24) is 24.6 Å². The van der Waals surface area contributed by atoms with Crippen molar-refractivity contribution in [2.75, 3.05) is 5.32 Å². The largest absolute Gasteiger partial charge is 0.393 e. The molecule has 0 saturated heterocycles. The molecule has 2 N–H and O–H groups in total. The highest BCUT2D eigenvalue weighted by atomic mass is 19.1. The van der Waals surface area contributed by atoms with E-state index in [0.29, 0.717) is 28.9 Å². The Kier molecular flexibility index (Phi) is 8.36. The SMILES string of the molecule is CCCC1CCCCC1O.CCc1ccn2nc(-c3ccccn3)nc(Nc3ccncc3F)c12. The van der Waals surface area contributed by atoms with Crippen LogP contribution in [0.2, 0.25) is 0 Å². The second-order valence-electron chi connectivity index (χ2n) is 8.87. The monoisotopic (exact) mass is 476 g/mol. The van der Waals surface area contributed by atoms with E-state index < -0.39 is 5.82 Å². The molecule has 8 heteroatoms. The van der Waals surface area contributed by atoms with Crippen molar-refractivity contribution >= 4 is 17.0 Å². The highest BCUT2D eigenvalue weighted by Crippen LogP contribution is 2.28. The van der Waals surface area contributed by atoms with E-state index in [1.807, 2.05) is 30.5 Å². The average molecular weight is 477 g/mol. The van der Waals surface area contributed by atoms with E-state index in [1.54, 1.807) is 16.8 Å². The summed E-state index contributed by atoms with van der Waals surface area (Å²) in [4.78, 5) is 12.7. The number of nitrogens with one attached hydrogen (secondary N) is 1. The van der Waals surface area contributed by atoms with Crippen LogP contribution in [0.1, 0.15) is 57.9 Å². The van der Waals surface area contributed by atoms with Crippen LogP contribution in [-0.4, -0.2) is 35.8 Å². The molecule has 1 saturated carbocycles. The predicted molar refractivity (Wildman–Crippen MR) is 136 cm³/mol. The molecule has 4 heterocycles. The van der Waals surface area contributed by atoms with Crippen molar-refractivity contribution in [2.45, 2.75) is 64.9 Å². The first-order valence-corrected chi connectivity index (χ1v) is 12.4. The molecule has 35 heavy (non-hydrogen) atoms. The van der Waals surface area contributed by atoms with Crippen molar-refractivity contribution in [3.8, 4) is 11.5 Å². The number of rotatable bonds is 6. The molecular weight excluding hydrogens is 443 g/mol. The molecule has 0 aliphatic heterocycles. The summed E-state index contributed by atoms with van der Waals surface area (Å²) < 4.78 is 15.8. The van der Waals surface area contributed by atoms with Crippen molar-refractivity contribution in [3.63, 3.8) is 0 Å². The van der Waals surface area contributed by atoms with Crippen LogP contribution in [-0.2, 0) is 6.42 Å². The lowest BCUT2D eigenvalue weighted by atomic mass is 9.84. The Morgan fingerprint density at radius 3 is 2.69 bits per heavy atom. The second-order valence-corrected chi connectivity index (χ2v) is 8.87. The van der Waals surface area contributed by atoms with E-state index in [-0.39, 0.29) is 6.10 Å². The maximum Gasteiger partial charge on any atom is 0.200 e. The maximum absolute atomic E-state index is 14.0. The number of anilines is 2. The number of aliphatic hydroxyl groups excluding tert-OH is 1. The van der Waals surface area contributed by atoms with Gasteiger partial charge in [-0.1, -0.05) is 39.2 Å². The van der Waals surface area contributed by atoms with Gasteiger partial charge >= 0.3 is 0 Å². The Morgan fingerprint density at radius 1 is 1.11 bits per heavy atom.